The maximum atomic E-state index is 13.9. The summed E-state index contributed by atoms with van der Waals surface area (Å²) in [6.07, 6.45) is 0.609. The minimum absolute atomic E-state index is 0.130. The molecule has 0 aliphatic carbocycles. The number of aromatic nitrogens is 2. The van der Waals surface area contributed by atoms with Gasteiger partial charge >= 0.3 is 0 Å². The van der Waals surface area contributed by atoms with Crippen LogP contribution in [0.3, 0.4) is 0 Å². The van der Waals surface area contributed by atoms with Crippen molar-refractivity contribution < 1.29 is 9.18 Å². The number of hydrogen-bond donors (Lipinski definition) is 1. The van der Waals surface area contributed by atoms with E-state index in [2.05, 4.69) is 14.7 Å². The highest BCUT2D eigenvalue weighted by Crippen LogP contribution is 2.28. The molecule has 1 fully saturated rings. The van der Waals surface area contributed by atoms with Crippen LogP contribution in [-0.2, 0) is 10.2 Å². The average molecular weight is 334 g/mol. The van der Waals surface area contributed by atoms with Gasteiger partial charge in [0.2, 0.25) is 11.0 Å². The van der Waals surface area contributed by atoms with E-state index in [-0.39, 0.29) is 17.1 Å². The van der Waals surface area contributed by atoms with Crippen LogP contribution in [0.5, 0.6) is 0 Å². The van der Waals surface area contributed by atoms with Crippen LogP contribution >= 0.6 is 11.5 Å². The largest absolute Gasteiger partial charge is 0.348 e. The highest BCUT2D eigenvalue weighted by molar-refractivity contribution is 7.09. The van der Waals surface area contributed by atoms with Gasteiger partial charge in [-0.05, 0) is 18.6 Å². The molecule has 7 heteroatoms. The van der Waals surface area contributed by atoms with Gasteiger partial charge in [0.05, 0.1) is 5.69 Å². The molecule has 1 N–H and O–H groups in total. The summed E-state index contributed by atoms with van der Waals surface area (Å²) in [6, 6.07) is 5.94. The topological polar surface area (TPSA) is 58.1 Å². The third kappa shape index (κ3) is 3.19. The first-order chi connectivity index (χ1) is 10.9. The van der Waals surface area contributed by atoms with Crippen molar-refractivity contribution in [3.05, 3.63) is 35.9 Å². The van der Waals surface area contributed by atoms with Crippen molar-refractivity contribution >= 4 is 28.3 Å². The van der Waals surface area contributed by atoms with E-state index in [1.54, 1.807) is 18.2 Å². The Hall–Kier alpha value is -2.02. The number of amides is 1. The van der Waals surface area contributed by atoms with Crippen molar-refractivity contribution in [1.82, 2.24) is 9.36 Å². The number of nitrogens with one attached hydrogen (secondary N) is 1. The van der Waals surface area contributed by atoms with Gasteiger partial charge in [-0.25, -0.2) is 9.37 Å². The first kappa shape index (κ1) is 15.9. The lowest BCUT2D eigenvalue weighted by atomic mass is 9.96. The summed E-state index contributed by atoms with van der Waals surface area (Å²) in [6.45, 7) is 6.61. The van der Waals surface area contributed by atoms with Crippen molar-refractivity contribution in [2.75, 3.05) is 16.8 Å². The first-order valence-electron chi connectivity index (χ1n) is 7.53. The van der Waals surface area contributed by atoms with Crippen LogP contribution in [0.1, 0.15) is 33.0 Å². The normalized spacial score (nSPS) is 18.5. The van der Waals surface area contributed by atoms with Gasteiger partial charge in [-0.2, -0.15) is 4.37 Å². The molecule has 1 unspecified atom stereocenters. The second kappa shape index (κ2) is 5.88. The fraction of sp³-hybridized carbons (Fsp3) is 0.438. The van der Waals surface area contributed by atoms with E-state index in [1.165, 1.54) is 22.5 Å². The average Bonchev–Trinajstić information content (AvgIpc) is 3.08. The minimum Gasteiger partial charge on any atom is -0.348 e. The molecule has 1 aromatic heterocycles. The van der Waals surface area contributed by atoms with Gasteiger partial charge in [0.1, 0.15) is 17.7 Å². The lowest BCUT2D eigenvalue weighted by molar-refractivity contribution is -0.117. The smallest absolute Gasteiger partial charge is 0.249 e. The van der Waals surface area contributed by atoms with Crippen molar-refractivity contribution in [1.29, 1.82) is 0 Å². The van der Waals surface area contributed by atoms with Crippen LogP contribution in [0.15, 0.2) is 24.3 Å². The molecule has 1 saturated heterocycles. The molecule has 2 aromatic rings. The number of halogens is 1. The standard InChI is InChI=1S/C16H19FN4OS/c1-16(2,3)14-19-15(23-20-14)18-11-8-9-21(13(11)22)12-7-5-4-6-10(12)17/h4-7,11H,8-9H2,1-3H3,(H,18,19,20). The number of hydrogen-bond acceptors (Lipinski definition) is 5. The zero-order valence-electron chi connectivity index (χ0n) is 13.3. The second-order valence-electron chi connectivity index (χ2n) is 6.60. The fourth-order valence-electron chi connectivity index (χ4n) is 2.46. The van der Waals surface area contributed by atoms with Crippen LogP contribution in [0.2, 0.25) is 0 Å². The number of anilines is 2. The minimum atomic E-state index is -0.393. The molecule has 1 aliphatic heterocycles. The number of benzene rings is 1. The molecule has 122 valence electrons. The van der Waals surface area contributed by atoms with Crippen LogP contribution in [0, 0.1) is 5.82 Å². The zero-order valence-corrected chi connectivity index (χ0v) is 14.2. The summed E-state index contributed by atoms with van der Waals surface area (Å²) < 4.78 is 18.2. The highest BCUT2D eigenvalue weighted by Gasteiger charge is 2.34. The maximum Gasteiger partial charge on any atom is 0.249 e. The van der Waals surface area contributed by atoms with Crippen LogP contribution in [0.25, 0.3) is 0 Å². The van der Waals surface area contributed by atoms with E-state index in [4.69, 9.17) is 0 Å². The van der Waals surface area contributed by atoms with Gasteiger partial charge in [0.25, 0.3) is 0 Å². The molecule has 23 heavy (non-hydrogen) atoms. The third-order valence-corrected chi connectivity index (χ3v) is 4.39. The number of carbonyl (C=O) groups is 1. The number of rotatable bonds is 3. The molecule has 1 amide bonds. The van der Waals surface area contributed by atoms with E-state index in [1.807, 2.05) is 20.8 Å². The van der Waals surface area contributed by atoms with Crippen LogP contribution in [0.4, 0.5) is 15.2 Å². The lowest BCUT2D eigenvalue weighted by Crippen LogP contribution is -2.33. The van der Waals surface area contributed by atoms with E-state index in [9.17, 15) is 9.18 Å². The summed E-state index contributed by atoms with van der Waals surface area (Å²) in [5.41, 5.74) is 0.199. The lowest BCUT2D eigenvalue weighted by Gasteiger charge is -2.17. The second-order valence-corrected chi connectivity index (χ2v) is 7.35. The van der Waals surface area contributed by atoms with Crippen molar-refractivity contribution in [3.63, 3.8) is 0 Å². The van der Waals surface area contributed by atoms with E-state index in [0.717, 1.165) is 5.82 Å². The van der Waals surface area contributed by atoms with Gasteiger partial charge < -0.3 is 10.2 Å². The summed E-state index contributed by atoms with van der Waals surface area (Å²) in [7, 11) is 0. The van der Waals surface area contributed by atoms with Crippen LogP contribution < -0.4 is 10.2 Å². The molecular weight excluding hydrogens is 315 g/mol. The summed E-state index contributed by atoms with van der Waals surface area (Å²) >= 11 is 1.25. The SMILES string of the molecule is CC(C)(C)c1nsc(NC2CCN(c3ccccc3F)C2=O)n1. The van der Waals surface area contributed by atoms with Crippen molar-refractivity contribution in [2.45, 2.75) is 38.6 Å². The van der Waals surface area contributed by atoms with Crippen molar-refractivity contribution in [3.8, 4) is 0 Å². The van der Waals surface area contributed by atoms with Gasteiger partial charge in [-0.3, -0.25) is 4.79 Å². The number of nitrogens with zero attached hydrogens (tertiary/aromatic N) is 3. The Labute approximate surface area is 138 Å². The predicted molar refractivity (Wildman–Crippen MR) is 89.4 cm³/mol. The van der Waals surface area contributed by atoms with Gasteiger partial charge in [-0.1, -0.05) is 32.9 Å². The zero-order chi connectivity index (χ0) is 16.6. The molecule has 0 radical (unpaired) electrons. The summed E-state index contributed by atoms with van der Waals surface area (Å²) in [4.78, 5) is 18.5. The highest BCUT2D eigenvalue weighted by atomic mass is 32.1. The molecule has 0 spiro atoms. The molecule has 3 rings (SSSR count). The third-order valence-electron chi connectivity index (χ3n) is 3.74. The molecule has 5 nitrogen and oxygen atoms in total. The molecule has 1 aromatic carbocycles. The Bertz CT molecular complexity index is 725. The summed E-state index contributed by atoms with van der Waals surface area (Å²) in [5, 5.41) is 3.76. The Morgan fingerprint density at radius 3 is 2.74 bits per heavy atom. The van der Waals surface area contributed by atoms with E-state index >= 15 is 0 Å². The number of carbonyl (C=O) groups excluding carboxylic acids is 1. The molecule has 0 saturated carbocycles. The molecule has 1 aliphatic rings. The molecule has 1 atom stereocenters. The van der Waals surface area contributed by atoms with E-state index < -0.39 is 6.04 Å². The van der Waals surface area contributed by atoms with Gasteiger partial charge in [-0.15, -0.1) is 0 Å². The Kier molecular flexibility index (Phi) is 4.06. The number of para-hydroxylation sites is 1. The quantitative estimate of drug-likeness (QED) is 0.936. The first-order valence-corrected chi connectivity index (χ1v) is 8.30. The Morgan fingerprint density at radius 2 is 2.09 bits per heavy atom. The Morgan fingerprint density at radius 1 is 1.35 bits per heavy atom. The van der Waals surface area contributed by atoms with E-state index in [0.29, 0.717) is 23.8 Å². The van der Waals surface area contributed by atoms with Gasteiger partial charge in [0.15, 0.2) is 0 Å². The fourth-order valence-corrected chi connectivity index (χ4v) is 3.27. The molecule has 0 bridgehead atoms. The van der Waals surface area contributed by atoms with Crippen molar-refractivity contribution in [2.24, 2.45) is 0 Å². The monoisotopic (exact) mass is 334 g/mol. The molecule has 2 heterocycles. The van der Waals surface area contributed by atoms with Gasteiger partial charge in [0, 0.05) is 23.5 Å². The Balaban J connectivity index is 1.73. The van der Waals surface area contributed by atoms with Crippen LogP contribution in [-0.4, -0.2) is 27.9 Å². The molecular formula is C16H19FN4OS. The maximum absolute atomic E-state index is 13.9. The summed E-state index contributed by atoms with van der Waals surface area (Å²) in [5.74, 6) is 0.233. The predicted octanol–water partition coefficient (Wildman–Crippen LogP) is 3.19.